The van der Waals surface area contributed by atoms with Gasteiger partial charge in [-0.15, -0.1) is 0 Å². The molecule has 0 unspecified atom stereocenters. The third kappa shape index (κ3) is 5.70. The normalized spacial score (nSPS) is 11.1. The van der Waals surface area contributed by atoms with Gasteiger partial charge in [0.05, 0.1) is 4.90 Å². The number of benzene rings is 3. The minimum atomic E-state index is -3.66. The number of rotatable bonds is 9. The van der Waals surface area contributed by atoms with Gasteiger partial charge in [-0.25, -0.2) is 8.42 Å². The van der Waals surface area contributed by atoms with Crippen LogP contribution in [0.2, 0.25) is 0 Å². The van der Waals surface area contributed by atoms with Gasteiger partial charge in [0.1, 0.15) is 0 Å². The van der Waals surface area contributed by atoms with Gasteiger partial charge in [-0.2, -0.15) is 0 Å². The molecule has 3 aromatic carbocycles. The lowest BCUT2D eigenvalue weighted by Gasteiger charge is -2.09. The molecule has 0 aliphatic carbocycles. The summed E-state index contributed by atoms with van der Waals surface area (Å²) in [5, 5.41) is 3.25. The number of anilines is 2. The van der Waals surface area contributed by atoms with Crippen LogP contribution in [0.3, 0.4) is 0 Å². The van der Waals surface area contributed by atoms with Crippen molar-refractivity contribution in [3.63, 3.8) is 0 Å². The van der Waals surface area contributed by atoms with Crippen LogP contribution in [0.1, 0.15) is 34.8 Å². The first-order valence-electron chi connectivity index (χ1n) is 9.93. The van der Waals surface area contributed by atoms with Crippen molar-refractivity contribution in [2.75, 3.05) is 16.6 Å². The van der Waals surface area contributed by atoms with Gasteiger partial charge >= 0.3 is 0 Å². The fourth-order valence-electron chi connectivity index (χ4n) is 2.98. The van der Waals surface area contributed by atoms with Crippen LogP contribution in [0.4, 0.5) is 11.4 Å². The number of hydrogen-bond donors (Lipinski definition) is 2. The van der Waals surface area contributed by atoms with Gasteiger partial charge in [-0.05, 0) is 67.4 Å². The van der Waals surface area contributed by atoms with E-state index in [-0.39, 0.29) is 10.7 Å². The van der Waals surface area contributed by atoms with Crippen molar-refractivity contribution in [2.24, 2.45) is 0 Å². The minimum absolute atomic E-state index is 0.000574. The molecule has 0 aromatic heterocycles. The number of carbonyl (C=O) groups excluding carboxylic acids is 1. The van der Waals surface area contributed by atoms with Crippen LogP contribution in [0.5, 0.6) is 0 Å². The summed E-state index contributed by atoms with van der Waals surface area (Å²) in [6.07, 6.45) is 1.35. The standard InChI is InChI=1S/C24H26N2O3S/c1-3-19-6-10-21(11-7-19)25-17-16-24(27)20-8-12-22(13-9-20)26-30(28,29)23-14-4-18(2)5-15-23/h4-15,25-26H,3,16-17H2,1-2H3. The Balaban J connectivity index is 1.55. The Hall–Kier alpha value is -3.12. The van der Waals surface area contributed by atoms with Crippen molar-refractivity contribution in [2.45, 2.75) is 31.6 Å². The molecule has 0 saturated heterocycles. The SMILES string of the molecule is CCc1ccc(NCCC(=O)c2ccc(NS(=O)(=O)c3ccc(C)cc3)cc2)cc1. The summed E-state index contributed by atoms with van der Waals surface area (Å²) < 4.78 is 27.5. The van der Waals surface area contributed by atoms with Crippen LogP contribution in [0.25, 0.3) is 0 Å². The van der Waals surface area contributed by atoms with Crippen LogP contribution in [-0.2, 0) is 16.4 Å². The summed E-state index contributed by atoms with van der Waals surface area (Å²) in [7, 11) is -3.66. The van der Waals surface area contributed by atoms with E-state index >= 15 is 0 Å². The largest absolute Gasteiger partial charge is 0.385 e. The second-order valence-corrected chi connectivity index (χ2v) is 8.83. The smallest absolute Gasteiger partial charge is 0.261 e. The topological polar surface area (TPSA) is 75.3 Å². The minimum Gasteiger partial charge on any atom is -0.385 e. The van der Waals surface area contributed by atoms with E-state index < -0.39 is 10.0 Å². The molecule has 0 heterocycles. The Morgan fingerprint density at radius 2 is 1.43 bits per heavy atom. The predicted octanol–water partition coefficient (Wildman–Crippen LogP) is 5.04. The lowest BCUT2D eigenvalue weighted by molar-refractivity contribution is 0.0986. The van der Waals surface area contributed by atoms with Crippen LogP contribution >= 0.6 is 0 Å². The molecule has 0 radical (unpaired) electrons. The van der Waals surface area contributed by atoms with Crippen LogP contribution in [0.15, 0.2) is 77.7 Å². The fourth-order valence-corrected chi connectivity index (χ4v) is 4.04. The Bertz CT molecular complexity index is 1090. The molecule has 0 bridgehead atoms. The summed E-state index contributed by atoms with van der Waals surface area (Å²) >= 11 is 0. The third-order valence-electron chi connectivity index (χ3n) is 4.83. The molecule has 0 fully saturated rings. The van der Waals surface area contributed by atoms with E-state index in [4.69, 9.17) is 0 Å². The summed E-state index contributed by atoms with van der Waals surface area (Å²) in [6, 6.07) is 21.3. The number of ketones is 1. The molecule has 2 N–H and O–H groups in total. The highest BCUT2D eigenvalue weighted by Crippen LogP contribution is 2.18. The number of carbonyl (C=O) groups is 1. The average molecular weight is 423 g/mol. The Morgan fingerprint density at radius 1 is 0.833 bits per heavy atom. The van der Waals surface area contributed by atoms with Crippen molar-refractivity contribution < 1.29 is 13.2 Å². The summed E-state index contributed by atoms with van der Waals surface area (Å²) in [6.45, 7) is 4.54. The Morgan fingerprint density at radius 3 is 2.03 bits per heavy atom. The second-order valence-electron chi connectivity index (χ2n) is 7.15. The molecule has 3 rings (SSSR count). The first-order chi connectivity index (χ1) is 14.4. The fraction of sp³-hybridized carbons (Fsp3) is 0.208. The second kappa shape index (κ2) is 9.59. The van der Waals surface area contributed by atoms with Gasteiger partial charge in [0, 0.05) is 29.9 Å². The summed E-state index contributed by atoms with van der Waals surface area (Å²) in [5.74, 6) is 0.000574. The first-order valence-corrected chi connectivity index (χ1v) is 11.4. The zero-order valence-corrected chi connectivity index (χ0v) is 18.0. The highest BCUT2D eigenvalue weighted by Gasteiger charge is 2.14. The molecule has 0 amide bonds. The number of nitrogens with one attached hydrogen (secondary N) is 2. The summed E-state index contributed by atoms with van der Waals surface area (Å²) in [4.78, 5) is 12.6. The van der Waals surface area contributed by atoms with Crippen molar-refractivity contribution in [3.05, 3.63) is 89.5 Å². The van der Waals surface area contributed by atoms with Crippen LogP contribution in [0, 0.1) is 6.92 Å². The molecule has 6 heteroatoms. The zero-order chi connectivity index (χ0) is 21.6. The first kappa shape index (κ1) is 21.6. The maximum absolute atomic E-state index is 12.5. The molecular weight excluding hydrogens is 396 g/mol. The van der Waals surface area contributed by atoms with Crippen LogP contribution < -0.4 is 10.0 Å². The highest BCUT2D eigenvalue weighted by atomic mass is 32.2. The predicted molar refractivity (Wildman–Crippen MR) is 122 cm³/mol. The molecule has 0 spiro atoms. The van der Waals surface area contributed by atoms with E-state index in [2.05, 4.69) is 29.1 Å². The molecule has 0 aliphatic heterocycles. The quantitative estimate of drug-likeness (QED) is 0.474. The lowest BCUT2D eigenvalue weighted by Crippen LogP contribution is -2.13. The van der Waals surface area contributed by atoms with E-state index in [0.29, 0.717) is 24.2 Å². The Kier molecular flexibility index (Phi) is 6.90. The number of sulfonamides is 1. The average Bonchev–Trinajstić information content (AvgIpc) is 2.74. The van der Waals surface area contributed by atoms with E-state index in [1.54, 1.807) is 48.5 Å². The van der Waals surface area contributed by atoms with Crippen molar-refractivity contribution in [3.8, 4) is 0 Å². The maximum atomic E-state index is 12.5. The number of Topliss-reactive ketones (excluding diaryl/α,β-unsaturated/α-hetero) is 1. The van der Waals surface area contributed by atoms with Crippen molar-refractivity contribution in [1.82, 2.24) is 0 Å². The van der Waals surface area contributed by atoms with E-state index in [9.17, 15) is 13.2 Å². The third-order valence-corrected chi connectivity index (χ3v) is 6.23. The summed E-state index contributed by atoms with van der Waals surface area (Å²) in [5.41, 5.74) is 4.22. The molecule has 30 heavy (non-hydrogen) atoms. The molecule has 5 nitrogen and oxygen atoms in total. The molecular formula is C24H26N2O3S. The molecule has 156 valence electrons. The Labute approximate surface area is 178 Å². The van der Waals surface area contributed by atoms with Crippen molar-refractivity contribution >= 4 is 27.2 Å². The molecule has 0 atom stereocenters. The molecule has 0 aliphatic rings. The zero-order valence-electron chi connectivity index (χ0n) is 17.2. The van der Waals surface area contributed by atoms with E-state index in [0.717, 1.165) is 17.7 Å². The van der Waals surface area contributed by atoms with Gasteiger partial charge in [0.15, 0.2) is 5.78 Å². The van der Waals surface area contributed by atoms with Gasteiger partial charge in [-0.3, -0.25) is 9.52 Å². The molecule has 3 aromatic rings. The highest BCUT2D eigenvalue weighted by molar-refractivity contribution is 7.92. The van der Waals surface area contributed by atoms with E-state index in [1.807, 2.05) is 19.1 Å². The lowest BCUT2D eigenvalue weighted by atomic mass is 10.1. The van der Waals surface area contributed by atoms with Gasteiger partial charge in [0.25, 0.3) is 10.0 Å². The van der Waals surface area contributed by atoms with E-state index in [1.165, 1.54) is 5.56 Å². The van der Waals surface area contributed by atoms with Gasteiger partial charge in [-0.1, -0.05) is 36.8 Å². The van der Waals surface area contributed by atoms with Crippen LogP contribution in [-0.4, -0.2) is 20.7 Å². The van der Waals surface area contributed by atoms with Crippen molar-refractivity contribution in [1.29, 1.82) is 0 Å². The molecule has 0 saturated carbocycles. The number of aryl methyl sites for hydroxylation is 2. The maximum Gasteiger partial charge on any atom is 0.261 e. The van der Waals surface area contributed by atoms with Gasteiger partial charge < -0.3 is 5.32 Å². The monoisotopic (exact) mass is 422 g/mol. The number of hydrogen-bond acceptors (Lipinski definition) is 4. The van der Waals surface area contributed by atoms with Gasteiger partial charge in [0.2, 0.25) is 0 Å².